The molecule has 0 aromatic rings. The van der Waals surface area contributed by atoms with Crippen molar-refractivity contribution < 1.29 is 0 Å². The molecule has 0 heterocycles. The van der Waals surface area contributed by atoms with Crippen LogP contribution in [-0.4, -0.2) is 25.0 Å². The molecule has 0 aromatic heterocycles. The van der Waals surface area contributed by atoms with Gasteiger partial charge in [0.15, 0.2) is 0 Å². The van der Waals surface area contributed by atoms with Crippen LogP contribution in [0.25, 0.3) is 0 Å². The Morgan fingerprint density at radius 2 is 1.70 bits per heavy atom. The van der Waals surface area contributed by atoms with Crippen molar-refractivity contribution in [1.29, 1.82) is 0 Å². The normalized spacial score (nSPS) is 10.2. The summed E-state index contributed by atoms with van der Waals surface area (Å²) >= 11 is 0. The van der Waals surface area contributed by atoms with Crippen LogP contribution in [0.2, 0.25) is 0 Å². The molecule has 0 radical (unpaired) electrons. The quantitative estimate of drug-likeness (QED) is 0.545. The summed E-state index contributed by atoms with van der Waals surface area (Å²) in [7, 11) is 2.15. The molecule has 0 N–H and O–H groups in total. The van der Waals surface area contributed by atoms with Crippen molar-refractivity contribution in [1.82, 2.24) is 4.90 Å². The third kappa shape index (κ3) is 3.67. The molecule has 1 heteroatoms. The summed E-state index contributed by atoms with van der Waals surface area (Å²) in [6.45, 7) is 10.9. The zero-order chi connectivity index (χ0) is 8.15. The summed E-state index contributed by atoms with van der Waals surface area (Å²) in [6, 6.07) is 0. The third-order valence-corrected chi connectivity index (χ3v) is 1.90. The summed E-state index contributed by atoms with van der Waals surface area (Å²) in [5.41, 5.74) is 2.93. The molecular weight excluding hydrogens is 122 g/mol. The Morgan fingerprint density at radius 1 is 1.20 bits per heavy atom. The summed E-state index contributed by atoms with van der Waals surface area (Å²) in [5.74, 6) is 0. The lowest BCUT2D eigenvalue weighted by Crippen LogP contribution is -2.19. The maximum absolute atomic E-state index is 2.31. The van der Waals surface area contributed by atoms with Crippen LogP contribution in [0.4, 0.5) is 0 Å². The van der Waals surface area contributed by atoms with Gasteiger partial charge in [-0.1, -0.05) is 18.1 Å². The van der Waals surface area contributed by atoms with E-state index in [0.29, 0.717) is 0 Å². The van der Waals surface area contributed by atoms with E-state index in [2.05, 4.69) is 39.6 Å². The summed E-state index contributed by atoms with van der Waals surface area (Å²) in [5, 5.41) is 0. The molecule has 0 unspecified atom stereocenters. The molecule has 10 heavy (non-hydrogen) atoms. The zero-order valence-electron chi connectivity index (χ0n) is 7.86. The molecule has 0 spiro atoms. The average molecular weight is 141 g/mol. The first-order valence-electron chi connectivity index (χ1n) is 3.89. The minimum atomic E-state index is 1.11. The fourth-order valence-electron chi connectivity index (χ4n) is 0.675. The molecule has 0 bridgehead atoms. The van der Waals surface area contributed by atoms with Gasteiger partial charge in [-0.15, -0.1) is 0 Å². The largest absolute Gasteiger partial charge is 0.303 e. The zero-order valence-corrected chi connectivity index (χ0v) is 7.86. The predicted molar refractivity (Wildman–Crippen MR) is 47.2 cm³/mol. The summed E-state index contributed by atoms with van der Waals surface area (Å²) < 4.78 is 0. The minimum Gasteiger partial charge on any atom is -0.303 e. The van der Waals surface area contributed by atoms with Crippen LogP contribution < -0.4 is 0 Å². The van der Waals surface area contributed by atoms with E-state index in [1.807, 2.05) is 0 Å². The van der Waals surface area contributed by atoms with E-state index in [0.717, 1.165) is 13.1 Å². The SMILES string of the molecule is CCN(C)CC(C)=C(C)C. The Morgan fingerprint density at radius 3 is 2.00 bits per heavy atom. The molecule has 0 aliphatic rings. The Labute approximate surface area is 64.7 Å². The monoisotopic (exact) mass is 141 g/mol. The van der Waals surface area contributed by atoms with Crippen LogP contribution in [0, 0.1) is 0 Å². The van der Waals surface area contributed by atoms with Crippen molar-refractivity contribution in [2.75, 3.05) is 20.1 Å². The van der Waals surface area contributed by atoms with Gasteiger partial charge >= 0.3 is 0 Å². The van der Waals surface area contributed by atoms with E-state index in [4.69, 9.17) is 0 Å². The standard InChI is InChI=1S/C9H19N/c1-6-10(5)7-9(4)8(2)3/h6-7H2,1-5H3. The number of likely N-dealkylation sites (N-methyl/N-ethyl adjacent to an activating group) is 1. The van der Waals surface area contributed by atoms with Crippen molar-refractivity contribution >= 4 is 0 Å². The van der Waals surface area contributed by atoms with E-state index >= 15 is 0 Å². The van der Waals surface area contributed by atoms with E-state index in [-0.39, 0.29) is 0 Å². The fraction of sp³-hybridized carbons (Fsp3) is 0.778. The Kier molecular flexibility index (Phi) is 4.37. The van der Waals surface area contributed by atoms with Crippen molar-refractivity contribution in [3.05, 3.63) is 11.1 Å². The van der Waals surface area contributed by atoms with Crippen LogP contribution >= 0.6 is 0 Å². The van der Waals surface area contributed by atoms with Gasteiger partial charge in [0.25, 0.3) is 0 Å². The number of hydrogen-bond acceptors (Lipinski definition) is 1. The van der Waals surface area contributed by atoms with Crippen LogP contribution in [-0.2, 0) is 0 Å². The first-order chi connectivity index (χ1) is 4.57. The molecule has 0 aliphatic carbocycles. The van der Waals surface area contributed by atoms with Gasteiger partial charge in [0.05, 0.1) is 0 Å². The molecule has 0 saturated heterocycles. The number of rotatable bonds is 3. The fourth-order valence-corrected chi connectivity index (χ4v) is 0.675. The van der Waals surface area contributed by atoms with E-state index < -0.39 is 0 Å². The van der Waals surface area contributed by atoms with Gasteiger partial charge < -0.3 is 4.90 Å². The van der Waals surface area contributed by atoms with Crippen LogP contribution in [0.3, 0.4) is 0 Å². The van der Waals surface area contributed by atoms with Crippen molar-refractivity contribution in [3.63, 3.8) is 0 Å². The van der Waals surface area contributed by atoms with E-state index in [1.54, 1.807) is 0 Å². The van der Waals surface area contributed by atoms with Gasteiger partial charge in [0, 0.05) is 6.54 Å². The second-order valence-electron chi connectivity index (χ2n) is 3.11. The molecule has 0 aromatic carbocycles. The van der Waals surface area contributed by atoms with Gasteiger partial charge in [-0.2, -0.15) is 0 Å². The van der Waals surface area contributed by atoms with Crippen molar-refractivity contribution in [2.24, 2.45) is 0 Å². The molecular formula is C9H19N. The second-order valence-corrected chi connectivity index (χ2v) is 3.11. The Bertz CT molecular complexity index is 121. The number of allylic oxidation sites excluding steroid dienone is 1. The minimum absolute atomic E-state index is 1.11. The molecule has 0 rings (SSSR count). The molecule has 0 amide bonds. The number of hydrogen-bond donors (Lipinski definition) is 0. The average Bonchev–Trinajstić information content (AvgIpc) is 1.87. The highest BCUT2D eigenvalue weighted by atomic mass is 15.1. The lowest BCUT2D eigenvalue weighted by molar-refractivity contribution is 0.382. The third-order valence-electron chi connectivity index (χ3n) is 1.90. The van der Waals surface area contributed by atoms with Crippen LogP contribution in [0.15, 0.2) is 11.1 Å². The molecule has 0 saturated carbocycles. The first kappa shape index (κ1) is 9.70. The molecule has 1 nitrogen and oxygen atoms in total. The van der Waals surface area contributed by atoms with Crippen molar-refractivity contribution in [3.8, 4) is 0 Å². The Balaban J connectivity index is 3.79. The van der Waals surface area contributed by atoms with Crippen LogP contribution in [0.1, 0.15) is 27.7 Å². The maximum Gasteiger partial charge on any atom is 0.0189 e. The van der Waals surface area contributed by atoms with Crippen molar-refractivity contribution in [2.45, 2.75) is 27.7 Å². The molecule has 0 fully saturated rings. The van der Waals surface area contributed by atoms with E-state index in [9.17, 15) is 0 Å². The van der Waals surface area contributed by atoms with Gasteiger partial charge in [-0.05, 0) is 34.4 Å². The highest BCUT2D eigenvalue weighted by Crippen LogP contribution is 2.02. The van der Waals surface area contributed by atoms with Crippen LogP contribution in [0.5, 0.6) is 0 Å². The smallest absolute Gasteiger partial charge is 0.0189 e. The summed E-state index contributed by atoms with van der Waals surface area (Å²) in [4.78, 5) is 2.31. The number of nitrogens with zero attached hydrogens (tertiary/aromatic N) is 1. The van der Waals surface area contributed by atoms with Gasteiger partial charge in [-0.3, -0.25) is 0 Å². The van der Waals surface area contributed by atoms with E-state index in [1.165, 1.54) is 11.1 Å². The maximum atomic E-state index is 2.31. The van der Waals surface area contributed by atoms with Gasteiger partial charge in [0.1, 0.15) is 0 Å². The van der Waals surface area contributed by atoms with Gasteiger partial charge in [0.2, 0.25) is 0 Å². The lowest BCUT2D eigenvalue weighted by Gasteiger charge is -2.14. The lowest BCUT2D eigenvalue weighted by atomic mass is 10.2. The topological polar surface area (TPSA) is 3.24 Å². The molecule has 60 valence electrons. The van der Waals surface area contributed by atoms with Gasteiger partial charge in [-0.25, -0.2) is 0 Å². The Hall–Kier alpha value is -0.300. The second kappa shape index (κ2) is 4.51. The molecule has 0 aliphatic heterocycles. The summed E-state index contributed by atoms with van der Waals surface area (Å²) in [6.07, 6.45) is 0. The molecule has 0 atom stereocenters. The predicted octanol–water partition coefficient (Wildman–Crippen LogP) is 2.29. The highest BCUT2D eigenvalue weighted by Gasteiger charge is 1.95. The highest BCUT2D eigenvalue weighted by molar-refractivity contribution is 5.08. The first-order valence-corrected chi connectivity index (χ1v) is 3.89.